The lowest BCUT2D eigenvalue weighted by Gasteiger charge is -2.01. The molecule has 0 saturated heterocycles. The first-order valence-electron chi connectivity index (χ1n) is 4.21. The summed E-state index contributed by atoms with van der Waals surface area (Å²) in [5.41, 5.74) is 5.00. The first-order valence-corrected chi connectivity index (χ1v) is 4.21. The smallest absolute Gasteiger partial charge is 0.320 e. The Bertz CT molecular complexity index is 173. The predicted octanol–water partition coefficient (Wildman–Crippen LogP) is 0.629. The maximum Gasteiger partial charge on any atom is 0.320 e. The third-order valence-electron chi connectivity index (χ3n) is 1.18. The number of carboxylic acids is 2. The van der Waals surface area contributed by atoms with Crippen molar-refractivity contribution in [2.45, 2.75) is 32.2 Å². The summed E-state index contributed by atoms with van der Waals surface area (Å²) < 4.78 is 10.7. The SMILES string of the molecule is CCCF.NC(CCC(=O)O)C(=O)O. The highest BCUT2D eigenvalue weighted by molar-refractivity contribution is 5.74. The van der Waals surface area contributed by atoms with Gasteiger partial charge in [-0.15, -0.1) is 0 Å². The van der Waals surface area contributed by atoms with Gasteiger partial charge in [0.25, 0.3) is 0 Å². The monoisotopic (exact) mass is 209 g/mol. The zero-order chi connectivity index (χ0) is 11.6. The number of nitrogens with two attached hydrogens (primary N) is 1. The molecule has 1 unspecified atom stereocenters. The maximum absolute atomic E-state index is 10.7. The Kier molecular flexibility index (Phi) is 10.8. The van der Waals surface area contributed by atoms with Crippen LogP contribution in [0.15, 0.2) is 0 Å². The molecule has 0 radical (unpaired) electrons. The van der Waals surface area contributed by atoms with Crippen LogP contribution in [0.1, 0.15) is 26.2 Å². The Morgan fingerprint density at radius 2 is 1.86 bits per heavy atom. The van der Waals surface area contributed by atoms with Crippen molar-refractivity contribution in [3.8, 4) is 0 Å². The average molecular weight is 209 g/mol. The highest BCUT2D eigenvalue weighted by Gasteiger charge is 2.12. The van der Waals surface area contributed by atoms with E-state index in [0.717, 1.165) is 0 Å². The van der Waals surface area contributed by atoms with Gasteiger partial charge in [0.05, 0.1) is 6.67 Å². The van der Waals surface area contributed by atoms with Crippen LogP contribution in [-0.2, 0) is 9.59 Å². The zero-order valence-electron chi connectivity index (χ0n) is 8.07. The van der Waals surface area contributed by atoms with Crippen LogP contribution in [-0.4, -0.2) is 34.9 Å². The average Bonchev–Trinajstić information content (AvgIpc) is 2.14. The molecule has 0 fully saturated rings. The molecule has 0 bridgehead atoms. The molecule has 5 nitrogen and oxygen atoms in total. The van der Waals surface area contributed by atoms with Gasteiger partial charge in [0.1, 0.15) is 6.04 Å². The molecule has 6 heteroatoms. The number of carbonyl (C=O) groups is 2. The molecule has 0 amide bonds. The van der Waals surface area contributed by atoms with Crippen LogP contribution >= 0.6 is 0 Å². The summed E-state index contributed by atoms with van der Waals surface area (Å²) in [6, 6.07) is -1.06. The molecule has 0 saturated carbocycles. The van der Waals surface area contributed by atoms with E-state index in [-0.39, 0.29) is 19.5 Å². The first kappa shape index (κ1) is 15.3. The number of alkyl halides is 1. The van der Waals surface area contributed by atoms with Gasteiger partial charge >= 0.3 is 11.9 Å². The molecule has 0 aliphatic heterocycles. The van der Waals surface area contributed by atoms with Gasteiger partial charge in [-0.25, -0.2) is 0 Å². The molecular weight excluding hydrogens is 193 g/mol. The number of rotatable bonds is 5. The Labute approximate surface area is 81.7 Å². The lowest BCUT2D eigenvalue weighted by atomic mass is 10.2. The molecule has 4 N–H and O–H groups in total. The van der Waals surface area contributed by atoms with E-state index in [2.05, 4.69) is 0 Å². The van der Waals surface area contributed by atoms with Gasteiger partial charge in [0, 0.05) is 6.42 Å². The van der Waals surface area contributed by atoms with Crippen molar-refractivity contribution < 1.29 is 24.2 Å². The second kappa shape index (κ2) is 9.91. The van der Waals surface area contributed by atoms with Crippen molar-refractivity contribution in [3.05, 3.63) is 0 Å². The van der Waals surface area contributed by atoms with Crippen LogP contribution in [0.2, 0.25) is 0 Å². The fourth-order valence-corrected chi connectivity index (χ4v) is 0.402. The Morgan fingerprint density at radius 3 is 2.07 bits per heavy atom. The van der Waals surface area contributed by atoms with Gasteiger partial charge in [-0.1, -0.05) is 6.92 Å². The maximum atomic E-state index is 10.7. The minimum Gasteiger partial charge on any atom is -0.481 e. The Morgan fingerprint density at radius 1 is 1.43 bits per heavy atom. The van der Waals surface area contributed by atoms with E-state index in [9.17, 15) is 14.0 Å². The van der Waals surface area contributed by atoms with Gasteiger partial charge in [-0.05, 0) is 12.8 Å². The molecule has 0 aliphatic rings. The van der Waals surface area contributed by atoms with Crippen LogP contribution < -0.4 is 5.73 Å². The van der Waals surface area contributed by atoms with Gasteiger partial charge < -0.3 is 15.9 Å². The molecule has 0 aromatic rings. The molecule has 0 aliphatic carbocycles. The van der Waals surface area contributed by atoms with E-state index >= 15 is 0 Å². The highest BCUT2D eigenvalue weighted by Crippen LogP contribution is 1.93. The molecule has 0 heterocycles. The topological polar surface area (TPSA) is 101 Å². The number of hydrogen-bond donors (Lipinski definition) is 3. The van der Waals surface area contributed by atoms with Crippen molar-refractivity contribution in [3.63, 3.8) is 0 Å². The number of aliphatic carboxylic acids is 2. The van der Waals surface area contributed by atoms with Crippen molar-refractivity contribution >= 4 is 11.9 Å². The zero-order valence-corrected chi connectivity index (χ0v) is 8.07. The Balaban J connectivity index is 0. The molecule has 0 rings (SSSR count). The summed E-state index contributed by atoms with van der Waals surface area (Å²) >= 11 is 0. The van der Waals surface area contributed by atoms with E-state index in [0.29, 0.717) is 6.42 Å². The highest BCUT2D eigenvalue weighted by atomic mass is 19.1. The third kappa shape index (κ3) is 13.4. The van der Waals surface area contributed by atoms with Crippen molar-refractivity contribution in [2.24, 2.45) is 5.73 Å². The van der Waals surface area contributed by atoms with E-state index in [4.69, 9.17) is 15.9 Å². The van der Waals surface area contributed by atoms with E-state index < -0.39 is 18.0 Å². The van der Waals surface area contributed by atoms with Crippen LogP contribution in [0.5, 0.6) is 0 Å². The molecule has 84 valence electrons. The standard InChI is InChI=1S/C5H9NO4.C3H7F/c6-3(5(9)10)1-2-4(7)8;1-2-3-4/h3H,1-2,6H2,(H,7,8)(H,9,10);2-3H2,1H3. The van der Waals surface area contributed by atoms with Gasteiger partial charge in [0.2, 0.25) is 0 Å². The lowest BCUT2D eigenvalue weighted by Crippen LogP contribution is -2.30. The van der Waals surface area contributed by atoms with Crippen LogP contribution in [0, 0.1) is 0 Å². The van der Waals surface area contributed by atoms with Gasteiger partial charge in [-0.2, -0.15) is 0 Å². The summed E-state index contributed by atoms with van der Waals surface area (Å²) in [5.74, 6) is -2.20. The normalized spacial score (nSPS) is 11.1. The summed E-state index contributed by atoms with van der Waals surface area (Å²) in [5, 5.41) is 16.3. The second-order valence-electron chi connectivity index (χ2n) is 2.57. The van der Waals surface area contributed by atoms with Crippen molar-refractivity contribution in [2.75, 3.05) is 6.67 Å². The first-order chi connectivity index (χ1) is 6.45. The van der Waals surface area contributed by atoms with Crippen LogP contribution in [0.25, 0.3) is 0 Å². The second-order valence-corrected chi connectivity index (χ2v) is 2.57. The summed E-state index contributed by atoms with van der Waals surface area (Å²) in [4.78, 5) is 19.9. The largest absolute Gasteiger partial charge is 0.481 e. The summed E-state index contributed by atoms with van der Waals surface area (Å²) in [6.45, 7) is 1.62. The molecular formula is C8H16FNO4. The fraction of sp³-hybridized carbons (Fsp3) is 0.750. The number of carboxylic acid groups (broad SMARTS) is 2. The molecule has 0 aromatic carbocycles. The lowest BCUT2D eigenvalue weighted by molar-refractivity contribution is -0.139. The Hall–Kier alpha value is -1.17. The third-order valence-corrected chi connectivity index (χ3v) is 1.18. The summed E-state index contributed by atoms with van der Waals surface area (Å²) in [6.07, 6.45) is 0.429. The van der Waals surface area contributed by atoms with Gasteiger partial charge in [0.15, 0.2) is 0 Å². The minimum absolute atomic E-state index is 0.0231. The van der Waals surface area contributed by atoms with Gasteiger partial charge in [-0.3, -0.25) is 14.0 Å². The number of hydrogen-bond acceptors (Lipinski definition) is 3. The molecule has 0 aromatic heterocycles. The van der Waals surface area contributed by atoms with E-state index in [1.807, 2.05) is 0 Å². The predicted molar refractivity (Wildman–Crippen MR) is 48.7 cm³/mol. The summed E-state index contributed by atoms with van der Waals surface area (Å²) in [7, 11) is 0. The van der Waals surface area contributed by atoms with Crippen molar-refractivity contribution in [1.29, 1.82) is 0 Å². The molecule has 1 atom stereocenters. The molecule has 0 spiro atoms. The number of halogens is 1. The molecule has 14 heavy (non-hydrogen) atoms. The fourth-order valence-electron chi connectivity index (χ4n) is 0.402. The van der Waals surface area contributed by atoms with Crippen LogP contribution in [0.3, 0.4) is 0 Å². The van der Waals surface area contributed by atoms with Crippen LogP contribution in [0.4, 0.5) is 4.39 Å². The van der Waals surface area contributed by atoms with E-state index in [1.54, 1.807) is 6.92 Å². The van der Waals surface area contributed by atoms with Crippen molar-refractivity contribution in [1.82, 2.24) is 0 Å². The minimum atomic E-state index is -1.17. The van der Waals surface area contributed by atoms with E-state index in [1.165, 1.54) is 0 Å². The quantitative estimate of drug-likeness (QED) is 0.616.